The topological polar surface area (TPSA) is 47.6 Å². The van der Waals surface area contributed by atoms with Crippen LogP contribution in [-0.4, -0.2) is 12.7 Å². The normalized spacial score (nSPS) is 10.2. The highest BCUT2D eigenvalue weighted by Gasteiger charge is 2.20. The summed E-state index contributed by atoms with van der Waals surface area (Å²) in [4.78, 5) is 11.7. The van der Waals surface area contributed by atoms with Crippen LogP contribution in [0.15, 0.2) is 36.4 Å². The maximum Gasteiger partial charge on any atom is 0.417 e. The van der Waals surface area contributed by atoms with Crippen LogP contribution < -0.4 is 14.8 Å². The van der Waals surface area contributed by atoms with Gasteiger partial charge < -0.3 is 9.47 Å². The van der Waals surface area contributed by atoms with Gasteiger partial charge in [0.25, 0.3) is 0 Å². The maximum atomic E-state index is 13.9. The Bertz CT molecular complexity index is 680. The van der Waals surface area contributed by atoms with Crippen molar-refractivity contribution in [2.75, 3.05) is 11.9 Å². The van der Waals surface area contributed by atoms with Gasteiger partial charge in [0.15, 0.2) is 17.4 Å². The van der Waals surface area contributed by atoms with Gasteiger partial charge in [-0.2, -0.15) is 0 Å². The standard InChI is InChI=1S/C15H12ClF2NO3/c1-2-21-14-10(17)8-11(12(16)13(14)18)19-15(20)22-9-6-4-3-5-7-9/h3-8H,2H2,1H3,(H,19,20). The fourth-order valence-corrected chi connectivity index (χ4v) is 1.86. The number of hydrogen-bond acceptors (Lipinski definition) is 3. The predicted molar refractivity (Wildman–Crippen MR) is 78.6 cm³/mol. The van der Waals surface area contributed by atoms with Crippen LogP contribution in [0, 0.1) is 11.6 Å². The zero-order valence-electron chi connectivity index (χ0n) is 11.5. The molecule has 0 heterocycles. The number of para-hydroxylation sites is 1. The van der Waals surface area contributed by atoms with E-state index in [1.54, 1.807) is 37.3 Å². The second kappa shape index (κ2) is 7.09. The SMILES string of the molecule is CCOc1c(F)cc(NC(=O)Oc2ccccc2)c(Cl)c1F. The van der Waals surface area contributed by atoms with Crippen molar-refractivity contribution in [3.63, 3.8) is 0 Å². The van der Waals surface area contributed by atoms with Crippen molar-refractivity contribution in [1.29, 1.82) is 0 Å². The molecule has 0 saturated carbocycles. The van der Waals surface area contributed by atoms with Crippen molar-refractivity contribution in [3.05, 3.63) is 53.1 Å². The van der Waals surface area contributed by atoms with E-state index in [1.807, 2.05) is 0 Å². The number of rotatable bonds is 4. The molecule has 0 aromatic heterocycles. The van der Waals surface area contributed by atoms with Crippen LogP contribution in [0.25, 0.3) is 0 Å². The van der Waals surface area contributed by atoms with Gasteiger partial charge >= 0.3 is 6.09 Å². The Morgan fingerprint density at radius 1 is 1.27 bits per heavy atom. The third-order valence-electron chi connectivity index (χ3n) is 2.60. The van der Waals surface area contributed by atoms with Gasteiger partial charge in [-0.1, -0.05) is 29.8 Å². The fraction of sp³-hybridized carbons (Fsp3) is 0.133. The monoisotopic (exact) mass is 327 g/mol. The summed E-state index contributed by atoms with van der Waals surface area (Å²) < 4.78 is 37.4. The quantitative estimate of drug-likeness (QED) is 0.833. The smallest absolute Gasteiger partial charge is 0.417 e. The van der Waals surface area contributed by atoms with Gasteiger partial charge in [-0.05, 0) is 19.1 Å². The number of anilines is 1. The molecule has 2 aromatic carbocycles. The van der Waals surface area contributed by atoms with Crippen molar-refractivity contribution in [2.45, 2.75) is 6.92 Å². The minimum Gasteiger partial charge on any atom is -0.488 e. The third-order valence-corrected chi connectivity index (χ3v) is 2.97. The third kappa shape index (κ3) is 3.65. The number of halogens is 3. The summed E-state index contributed by atoms with van der Waals surface area (Å²) in [6, 6.07) is 9.07. The first kappa shape index (κ1) is 16.0. The molecule has 1 amide bonds. The number of hydrogen-bond donors (Lipinski definition) is 1. The van der Waals surface area contributed by atoms with Gasteiger partial charge in [-0.25, -0.2) is 13.6 Å². The molecule has 4 nitrogen and oxygen atoms in total. The molecule has 7 heteroatoms. The van der Waals surface area contributed by atoms with E-state index in [1.165, 1.54) is 0 Å². The number of nitrogens with one attached hydrogen (secondary N) is 1. The Balaban J connectivity index is 2.18. The molecule has 22 heavy (non-hydrogen) atoms. The Morgan fingerprint density at radius 3 is 2.59 bits per heavy atom. The first-order valence-electron chi connectivity index (χ1n) is 6.37. The minimum absolute atomic E-state index is 0.0764. The second-order valence-electron chi connectivity index (χ2n) is 4.12. The van der Waals surface area contributed by atoms with Crippen LogP contribution in [0.5, 0.6) is 11.5 Å². The molecule has 0 fully saturated rings. The van der Waals surface area contributed by atoms with E-state index >= 15 is 0 Å². The van der Waals surface area contributed by atoms with Gasteiger partial charge in [0.1, 0.15) is 10.8 Å². The molecule has 0 unspecified atom stereocenters. The average Bonchev–Trinajstić information content (AvgIpc) is 2.50. The Morgan fingerprint density at radius 2 is 1.95 bits per heavy atom. The highest BCUT2D eigenvalue weighted by molar-refractivity contribution is 6.34. The Labute approximate surface area is 130 Å². The lowest BCUT2D eigenvalue weighted by molar-refractivity contribution is 0.215. The predicted octanol–water partition coefficient (Wildman–Crippen LogP) is 4.63. The largest absolute Gasteiger partial charge is 0.488 e. The van der Waals surface area contributed by atoms with Crippen LogP contribution in [0.4, 0.5) is 19.3 Å². The zero-order chi connectivity index (χ0) is 16.1. The molecule has 0 aliphatic heterocycles. The second-order valence-corrected chi connectivity index (χ2v) is 4.50. The van der Waals surface area contributed by atoms with Crippen molar-refractivity contribution in [1.82, 2.24) is 0 Å². The number of ether oxygens (including phenoxy) is 2. The van der Waals surface area contributed by atoms with Gasteiger partial charge in [0, 0.05) is 6.07 Å². The Kier molecular flexibility index (Phi) is 5.16. The van der Waals surface area contributed by atoms with Crippen LogP contribution in [0.3, 0.4) is 0 Å². The van der Waals surface area contributed by atoms with E-state index in [-0.39, 0.29) is 18.0 Å². The molecule has 0 radical (unpaired) electrons. The van der Waals surface area contributed by atoms with Gasteiger partial charge in [0.05, 0.1) is 12.3 Å². The number of carbonyl (C=O) groups excluding carboxylic acids is 1. The van der Waals surface area contributed by atoms with Crippen molar-refractivity contribution >= 4 is 23.4 Å². The van der Waals surface area contributed by atoms with Crippen molar-refractivity contribution in [2.24, 2.45) is 0 Å². The molecule has 2 rings (SSSR count). The van der Waals surface area contributed by atoms with E-state index in [2.05, 4.69) is 5.32 Å². The highest BCUT2D eigenvalue weighted by Crippen LogP contribution is 2.34. The molecule has 1 N–H and O–H groups in total. The van der Waals surface area contributed by atoms with Crippen LogP contribution in [0.2, 0.25) is 5.02 Å². The van der Waals surface area contributed by atoms with E-state index in [9.17, 15) is 13.6 Å². The van der Waals surface area contributed by atoms with Crippen molar-refractivity contribution in [3.8, 4) is 11.5 Å². The first-order chi connectivity index (χ1) is 10.5. The molecule has 0 bridgehead atoms. The lowest BCUT2D eigenvalue weighted by Crippen LogP contribution is -2.17. The van der Waals surface area contributed by atoms with Crippen LogP contribution in [0.1, 0.15) is 6.92 Å². The number of benzene rings is 2. The lowest BCUT2D eigenvalue weighted by Gasteiger charge is -2.12. The fourth-order valence-electron chi connectivity index (χ4n) is 1.68. The number of amides is 1. The summed E-state index contributed by atoms with van der Waals surface area (Å²) in [6.45, 7) is 1.66. The summed E-state index contributed by atoms with van der Waals surface area (Å²) in [6.07, 6.45) is -0.920. The molecular formula is C15H12ClF2NO3. The average molecular weight is 328 g/mol. The first-order valence-corrected chi connectivity index (χ1v) is 6.75. The summed E-state index contributed by atoms with van der Waals surface area (Å²) in [5.41, 5.74) is -0.249. The Hall–Kier alpha value is -2.34. The minimum atomic E-state index is -1.08. The maximum absolute atomic E-state index is 13.9. The molecule has 0 aliphatic rings. The van der Waals surface area contributed by atoms with E-state index in [0.29, 0.717) is 0 Å². The molecule has 0 spiro atoms. The highest BCUT2D eigenvalue weighted by atomic mass is 35.5. The van der Waals surface area contributed by atoms with E-state index in [0.717, 1.165) is 6.07 Å². The van der Waals surface area contributed by atoms with Crippen LogP contribution >= 0.6 is 11.6 Å². The lowest BCUT2D eigenvalue weighted by atomic mass is 10.2. The summed E-state index contributed by atoms with van der Waals surface area (Å²) in [5.74, 6) is -2.37. The summed E-state index contributed by atoms with van der Waals surface area (Å²) in [5, 5.41) is 1.72. The molecular weight excluding hydrogens is 316 g/mol. The molecule has 2 aromatic rings. The molecule has 0 saturated heterocycles. The van der Waals surface area contributed by atoms with Gasteiger partial charge in [-0.15, -0.1) is 0 Å². The van der Waals surface area contributed by atoms with E-state index in [4.69, 9.17) is 21.1 Å². The van der Waals surface area contributed by atoms with Gasteiger partial charge in [-0.3, -0.25) is 5.32 Å². The summed E-state index contributed by atoms with van der Waals surface area (Å²) in [7, 11) is 0. The van der Waals surface area contributed by atoms with Gasteiger partial charge in [0.2, 0.25) is 0 Å². The molecule has 0 aliphatic carbocycles. The zero-order valence-corrected chi connectivity index (χ0v) is 12.3. The molecule has 116 valence electrons. The molecule has 0 atom stereocenters. The van der Waals surface area contributed by atoms with Crippen LogP contribution in [-0.2, 0) is 0 Å². The summed E-state index contributed by atoms with van der Waals surface area (Å²) >= 11 is 5.76. The number of carbonyl (C=O) groups is 1. The van der Waals surface area contributed by atoms with Crippen molar-refractivity contribution < 1.29 is 23.0 Å². The van der Waals surface area contributed by atoms with E-state index < -0.39 is 28.5 Å².